The Morgan fingerprint density at radius 3 is 2.69 bits per heavy atom. The van der Waals surface area contributed by atoms with Crippen LogP contribution in [0.25, 0.3) is 0 Å². The Hall–Kier alpha value is -1.69. The average Bonchev–Trinajstić information content (AvgIpc) is 2.24. The summed E-state index contributed by atoms with van der Waals surface area (Å²) in [5, 5.41) is 8.54. The van der Waals surface area contributed by atoms with E-state index in [4.69, 9.17) is 5.11 Å². The Kier molecular flexibility index (Phi) is 4.65. The van der Waals surface area contributed by atoms with Crippen molar-refractivity contribution in [3.63, 3.8) is 0 Å². The van der Waals surface area contributed by atoms with E-state index in [1.54, 1.807) is 0 Å². The fourth-order valence-electron chi connectivity index (χ4n) is 1.30. The van der Waals surface area contributed by atoms with Crippen molar-refractivity contribution in [3.8, 4) is 0 Å². The SMILES string of the molecule is O=C(CCCCCO)n1ccc(=O)[nH]c1=O. The van der Waals surface area contributed by atoms with E-state index in [2.05, 4.69) is 0 Å². The van der Waals surface area contributed by atoms with Crippen LogP contribution in [0.1, 0.15) is 30.5 Å². The quantitative estimate of drug-likeness (QED) is 0.676. The lowest BCUT2D eigenvalue weighted by Gasteiger charge is -2.02. The smallest absolute Gasteiger partial charge is 0.335 e. The average molecular weight is 226 g/mol. The lowest BCUT2D eigenvalue weighted by molar-refractivity contribution is 0.0892. The first kappa shape index (κ1) is 12.4. The summed E-state index contributed by atoms with van der Waals surface area (Å²) in [6.45, 7) is 0.104. The highest BCUT2D eigenvalue weighted by Crippen LogP contribution is 2.00. The van der Waals surface area contributed by atoms with E-state index >= 15 is 0 Å². The van der Waals surface area contributed by atoms with Crippen LogP contribution < -0.4 is 11.2 Å². The van der Waals surface area contributed by atoms with Crippen LogP contribution in [0.3, 0.4) is 0 Å². The zero-order valence-corrected chi connectivity index (χ0v) is 8.81. The molecule has 0 aliphatic carbocycles. The molecular formula is C10H14N2O4. The van der Waals surface area contributed by atoms with Gasteiger partial charge in [0.2, 0.25) is 5.91 Å². The Bertz CT molecular complexity index is 460. The molecule has 2 N–H and O–H groups in total. The van der Waals surface area contributed by atoms with Gasteiger partial charge in [0, 0.05) is 25.3 Å². The van der Waals surface area contributed by atoms with E-state index in [0.29, 0.717) is 12.8 Å². The fourth-order valence-corrected chi connectivity index (χ4v) is 1.30. The molecule has 0 aliphatic heterocycles. The number of rotatable bonds is 5. The highest BCUT2D eigenvalue weighted by Gasteiger charge is 2.06. The van der Waals surface area contributed by atoms with Crippen LogP contribution in [-0.2, 0) is 0 Å². The number of carbonyl (C=O) groups excluding carboxylic acids is 1. The zero-order valence-electron chi connectivity index (χ0n) is 8.81. The molecule has 0 atom stereocenters. The molecule has 0 saturated heterocycles. The molecule has 6 nitrogen and oxygen atoms in total. The Balaban J connectivity index is 2.60. The third-order valence-corrected chi connectivity index (χ3v) is 2.14. The zero-order chi connectivity index (χ0) is 12.0. The third kappa shape index (κ3) is 3.47. The van der Waals surface area contributed by atoms with Crippen molar-refractivity contribution < 1.29 is 9.90 Å². The summed E-state index contributed by atoms with van der Waals surface area (Å²) in [7, 11) is 0. The van der Waals surface area contributed by atoms with Gasteiger partial charge in [-0.15, -0.1) is 0 Å². The van der Waals surface area contributed by atoms with E-state index in [-0.39, 0.29) is 18.9 Å². The molecule has 16 heavy (non-hydrogen) atoms. The number of nitrogens with zero attached hydrogens (tertiary/aromatic N) is 1. The van der Waals surface area contributed by atoms with Crippen molar-refractivity contribution in [2.24, 2.45) is 0 Å². The maximum Gasteiger partial charge on any atom is 0.335 e. The standard InChI is InChI=1S/C10H14N2O4/c13-7-3-1-2-4-9(15)12-6-5-8(14)11-10(12)16/h5-6,13H,1-4,7H2,(H,11,14,16). The molecule has 0 aliphatic rings. The minimum atomic E-state index is -0.709. The van der Waals surface area contributed by atoms with Gasteiger partial charge in [-0.25, -0.2) is 9.36 Å². The van der Waals surface area contributed by atoms with Gasteiger partial charge in [0.15, 0.2) is 0 Å². The summed E-state index contributed by atoms with van der Waals surface area (Å²) >= 11 is 0. The van der Waals surface area contributed by atoms with Crippen molar-refractivity contribution in [1.29, 1.82) is 0 Å². The lowest BCUT2D eigenvalue weighted by Crippen LogP contribution is -2.32. The van der Waals surface area contributed by atoms with Gasteiger partial charge in [0.05, 0.1) is 0 Å². The van der Waals surface area contributed by atoms with Gasteiger partial charge >= 0.3 is 5.69 Å². The number of hydrogen-bond acceptors (Lipinski definition) is 4. The molecular weight excluding hydrogens is 212 g/mol. The maximum absolute atomic E-state index is 11.5. The first-order chi connectivity index (χ1) is 7.65. The number of aliphatic hydroxyl groups excluding tert-OH is 1. The first-order valence-corrected chi connectivity index (χ1v) is 5.11. The molecule has 0 radical (unpaired) electrons. The predicted molar refractivity (Wildman–Crippen MR) is 57.5 cm³/mol. The van der Waals surface area contributed by atoms with Gasteiger partial charge < -0.3 is 5.11 Å². The molecule has 88 valence electrons. The minimum Gasteiger partial charge on any atom is -0.396 e. The molecule has 1 aromatic rings. The second kappa shape index (κ2) is 6.02. The maximum atomic E-state index is 11.5. The van der Waals surface area contributed by atoms with Crippen LogP contribution in [0.5, 0.6) is 0 Å². The van der Waals surface area contributed by atoms with Crippen LogP contribution in [-0.4, -0.2) is 27.2 Å². The van der Waals surface area contributed by atoms with Gasteiger partial charge in [-0.05, 0) is 12.8 Å². The van der Waals surface area contributed by atoms with Crippen LogP contribution in [0.2, 0.25) is 0 Å². The Labute approximate surface area is 91.5 Å². The van der Waals surface area contributed by atoms with Crippen molar-refractivity contribution in [2.75, 3.05) is 6.61 Å². The highest BCUT2D eigenvalue weighted by molar-refractivity contribution is 5.78. The van der Waals surface area contributed by atoms with Crippen LogP contribution in [0.4, 0.5) is 0 Å². The van der Waals surface area contributed by atoms with Crippen LogP contribution in [0.15, 0.2) is 21.9 Å². The van der Waals surface area contributed by atoms with Gasteiger partial charge in [0.1, 0.15) is 0 Å². The summed E-state index contributed by atoms with van der Waals surface area (Å²) in [5.41, 5.74) is -1.23. The van der Waals surface area contributed by atoms with Crippen molar-refractivity contribution in [3.05, 3.63) is 33.1 Å². The summed E-state index contributed by atoms with van der Waals surface area (Å²) in [6, 6.07) is 1.13. The number of nitrogens with one attached hydrogen (secondary N) is 1. The highest BCUT2D eigenvalue weighted by atomic mass is 16.3. The molecule has 6 heteroatoms. The molecule has 1 aromatic heterocycles. The van der Waals surface area contributed by atoms with E-state index in [9.17, 15) is 14.4 Å². The normalized spacial score (nSPS) is 10.3. The molecule has 1 heterocycles. The number of carbonyl (C=O) groups is 1. The number of aromatic amines is 1. The number of aromatic nitrogens is 2. The lowest BCUT2D eigenvalue weighted by atomic mass is 10.2. The molecule has 0 amide bonds. The van der Waals surface area contributed by atoms with E-state index in [0.717, 1.165) is 17.1 Å². The first-order valence-electron chi connectivity index (χ1n) is 5.11. The molecule has 0 unspecified atom stereocenters. The van der Waals surface area contributed by atoms with Crippen LogP contribution in [0, 0.1) is 0 Å². The number of hydrogen-bond donors (Lipinski definition) is 2. The molecule has 0 fully saturated rings. The largest absolute Gasteiger partial charge is 0.396 e. The van der Waals surface area contributed by atoms with Gasteiger partial charge in [-0.1, -0.05) is 6.42 Å². The van der Waals surface area contributed by atoms with E-state index in [1.165, 1.54) is 6.20 Å². The summed E-state index contributed by atoms with van der Waals surface area (Å²) in [6.07, 6.45) is 3.40. The van der Waals surface area contributed by atoms with Crippen molar-refractivity contribution >= 4 is 5.91 Å². The second-order valence-electron chi connectivity index (χ2n) is 3.41. The molecule has 0 aromatic carbocycles. The van der Waals surface area contributed by atoms with E-state index < -0.39 is 11.2 Å². The molecule has 1 rings (SSSR count). The summed E-state index contributed by atoms with van der Waals surface area (Å²) in [5.74, 6) is -0.348. The monoisotopic (exact) mass is 226 g/mol. The number of unbranched alkanes of at least 4 members (excludes halogenated alkanes) is 2. The molecule has 0 saturated carbocycles. The third-order valence-electron chi connectivity index (χ3n) is 2.14. The van der Waals surface area contributed by atoms with Gasteiger partial charge in [0.25, 0.3) is 5.56 Å². The number of H-pyrrole nitrogens is 1. The minimum absolute atomic E-state index is 0.104. The van der Waals surface area contributed by atoms with Crippen molar-refractivity contribution in [1.82, 2.24) is 9.55 Å². The van der Waals surface area contributed by atoms with E-state index in [1.807, 2.05) is 4.98 Å². The van der Waals surface area contributed by atoms with Crippen molar-refractivity contribution in [2.45, 2.75) is 25.7 Å². The second-order valence-corrected chi connectivity index (χ2v) is 3.41. The Morgan fingerprint density at radius 2 is 2.06 bits per heavy atom. The van der Waals surface area contributed by atoms with Gasteiger partial charge in [-0.2, -0.15) is 0 Å². The van der Waals surface area contributed by atoms with Gasteiger partial charge in [-0.3, -0.25) is 14.6 Å². The van der Waals surface area contributed by atoms with Crippen LogP contribution >= 0.6 is 0 Å². The molecule has 0 bridgehead atoms. The fraction of sp³-hybridized carbons (Fsp3) is 0.500. The summed E-state index contributed by atoms with van der Waals surface area (Å²) in [4.78, 5) is 35.5. The summed E-state index contributed by atoms with van der Waals surface area (Å²) < 4.78 is 0.889. The topological polar surface area (TPSA) is 92.2 Å². The Morgan fingerprint density at radius 1 is 1.31 bits per heavy atom. The molecule has 0 spiro atoms. The number of aliphatic hydroxyl groups is 1. The predicted octanol–water partition coefficient (Wildman–Crippen LogP) is -0.270.